The number of carboxylic acid groups (broad SMARTS) is 1. The normalized spacial score (nSPS) is 13.6. The summed E-state index contributed by atoms with van der Waals surface area (Å²) < 4.78 is 6.83. The summed E-state index contributed by atoms with van der Waals surface area (Å²) in [7, 11) is 0. The van der Waals surface area contributed by atoms with E-state index in [0.29, 0.717) is 22.9 Å². The number of thiazole rings is 1. The molecule has 1 heterocycles. The van der Waals surface area contributed by atoms with Crippen LogP contribution in [0.25, 0.3) is 10.2 Å². The van der Waals surface area contributed by atoms with E-state index in [-0.39, 0.29) is 25.4 Å². The Morgan fingerprint density at radius 3 is 2.44 bits per heavy atom. The maximum absolute atomic E-state index is 13.5. The molecule has 0 radical (unpaired) electrons. The van der Waals surface area contributed by atoms with E-state index < -0.39 is 12.1 Å². The van der Waals surface area contributed by atoms with E-state index in [2.05, 4.69) is 34.6 Å². The Balaban J connectivity index is 1.35. The number of nitrogens with zero attached hydrogens (tertiary/aromatic N) is 2. The summed E-state index contributed by atoms with van der Waals surface area (Å²) >= 11 is 1.58. The van der Waals surface area contributed by atoms with Crippen molar-refractivity contribution in [3.63, 3.8) is 0 Å². The van der Waals surface area contributed by atoms with Crippen LogP contribution in [0.1, 0.15) is 70.9 Å². The lowest BCUT2D eigenvalue weighted by Gasteiger charge is -2.24. The summed E-state index contributed by atoms with van der Waals surface area (Å²) in [6.45, 7) is 2.26. The van der Waals surface area contributed by atoms with Crippen molar-refractivity contribution in [3.05, 3.63) is 88.4 Å². The summed E-state index contributed by atoms with van der Waals surface area (Å²) in [6.07, 6.45) is 5.58. The molecule has 0 spiro atoms. The van der Waals surface area contributed by atoms with Crippen molar-refractivity contribution in [2.75, 3.05) is 11.4 Å². The zero-order valence-electron chi connectivity index (χ0n) is 23.0. The van der Waals surface area contributed by atoms with Crippen LogP contribution in [0.15, 0.2) is 66.7 Å². The van der Waals surface area contributed by atoms with Crippen molar-refractivity contribution < 1.29 is 24.2 Å². The number of carboxylic acids is 1. The van der Waals surface area contributed by atoms with E-state index in [0.717, 1.165) is 20.8 Å². The molecular weight excluding hydrogens is 538 g/mol. The third-order valence-electron chi connectivity index (χ3n) is 7.35. The first-order valence-electron chi connectivity index (χ1n) is 13.9. The van der Waals surface area contributed by atoms with Crippen LogP contribution in [-0.4, -0.2) is 34.6 Å². The molecule has 9 heteroatoms. The third-order valence-corrected chi connectivity index (χ3v) is 8.31. The Morgan fingerprint density at radius 2 is 1.73 bits per heavy atom. The first kappa shape index (κ1) is 28.3. The van der Waals surface area contributed by atoms with E-state index in [1.807, 2.05) is 13.0 Å². The fourth-order valence-corrected chi connectivity index (χ4v) is 6.00. The predicted octanol–water partition coefficient (Wildman–Crippen LogP) is 7.06. The first-order chi connectivity index (χ1) is 19.9. The van der Waals surface area contributed by atoms with Gasteiger partial charge in [-0.25, -0.2) is 9.78 Å². The third kappa shape index (κ3) is 7.29. The standard InChI is InChI=1S/C32H33N3O5S/c1-21-34-28-19-27(15-16-29(28)41-21)40-32(39)35(20-22-7-9-24(10-8-22)23-5-3-2-4-6-23)26-13-11-25(12-14-26)31(38)33-18-17-30(36)37/h7-16,19,23H,2-6,17-18,20H2,1H3,(H,33,38)(H,36,37). The minimum atomic E-state index is -0.981. The Hall–Kier alpha value is -4.24. The maximum Gasteiger partial charge on any atom is 0.420 e. The Labute approximate surface area is 243 Å². The molecule has 41 heavy (non-hydrogen) atoms. The second kappa shape index (κ2) is 13.0. The maximum atomic E-state index is 13.5. The van der Waals surface area contributed by atoms with Crippen molar-refractivity contribution in [2.45, 2.75) is 57.9 Å². The number of amides is 2. The highest BCUT2D eigenvalue weighted by Crippen LogP contribution is 2.33. The topological polar surface area (TPSA) is 109 Å². The molecule has 1 aromatic heterocycles. The largest absolute Gasteiger partial charge is 0.481 e. The van der Waals surface area contributed by atoms with Crippen LogP contribution >= 0.6 is 11.3 Å². The highest BCUT2D eigenvalue weighted by molar-refractivity contribution is 7.18. The molecule has 0 saturated heterocycles. The van der Waals surface area contributed by atoms with Crippen molar-refractivity contribution >= 4 is 45.2 Å². The number of benzene rings is 3. The van der Waals surface area contributed by atoms with Gasteiger partial charge in [-0.2, -0.15) is 0 Å². The number of rotatable bonds is 9. The van der Waals surface area contributed by atoms with Gasteiger partial charge in [0.05, 0.1) is 28.2 Å². The smallest absolute Gasteiger partial charge is 0.420 e. The number of aliphatic carboxylic acids is 1. The number of carbonyl (C=O) groups excluding carboxylic acids is 2. The van der Waals surface area contributed by atoms with Gasteiger partial charge >= 0.3 is 12.1 Å². The molecular formula is C32H33N3O5S. The van der Waals surface area contributed by atoms with Crippen LogP contribution < -0.4 is 15.0 Å². The van der Waals surface area contributed by atoms with Crippen LogP contribution in [0.3, 0.4) is 0 Å². The van der Waals surface area contributed by atoms with Crippen LogP contribution in [0.5, 0.6) is 5.75 Å². The number of nitrogens with one attached hydrogen (secondary N) is 1. The molecule has 1 fully saturated rings. The summed E-state index contributed by atoms with van der Waals surface area (Å²) in [4.78, 5) is 42.8. The molecule has 1 saturated carbocycles. The highest BCUT2D eigenvalue weighted by Gasteiger charge is 2.21. The molecule has 1 aliphatic carbocycles. The fraction of sp³-hybridized carbons (Fsp3) is 0.312. The van der Waals surface area contributed by atoms with Gasteiger partial charge in [-0.3, -0.25) is 14.5 Å². The van der Waals surface area contributed by atoms with E-state index in [4.69, 9.17) is 9.84 Å². The van der Waals surface area contributed by atoms with E-state index in [1.54, 1.807) is 47.7 Å². The first-order valence-corrected chi connectivity index (χ1v) is 14.7. The number of fused-ring (bicyclic) bond motifs is 1. The number of ether oxygens (including phenoxy) is 1. The van der Waals surface area contributed by atoms with Gasteiger partial charge in [-0.05, 0) is 73.2 Å². The summed E-state index contributed by atoms with van der Waals surface area (Å²) in [6, 6.07) is 20.5. The molecule has 0 aliphatic heterocycles. The number of carbonyl (C=O) groups is 3. The summed E-state index contributed by atoms with van der Waals surface area (Å²) in [5.74, 6) is -0.361. The molecule has 0 unspecified atom stereocenters. The number of hydrogen-bond donors (Lipinski definition) is 2. The second-order valence-corrected chi connectivity index (χ2v) is 11.6. The highest BCUT2D eigenvalue weighted by atomic mass is 32.1. The van der Waals surface area contributed by atoms with E-state index >= 15 is 0 Å². The van der Waals surface area contributed by atoms with E-state index in [1.165, 1.54) is 42.6 Å². The Kier molecular flexibility index (Phi) is 8.94. The predicted molar refractivity (Wildman–Crippen MR) is 160 cm³/mol. The minimum absolute atomic E-state index is 0.0358. The van der Waals surface area contributed by atoms with Crippen molar-refractivity contribution in [2.24, 2.45) is 0 Å². The molecule has 2 amide bonds. The average molecular weight is 572 g/mol. The van der Waals surface area contributed by atoms with Gasteiger partial charge in [0.1, 0.15) is 5.75 Å². The van der Waals surface area contributed by atoms with Gasteiger partial charge in [-0.1, -0.05) is 43.5 Å². The van der Waals surface area contributed by atoms with Gasteiger partial charge in [-0.15, -0.1) is 11.3 Å². The van der Waals surface area contributed by atoms with Gasteiger partial charge in [0.2, 0.25) is 0 Å². The lowest BCUT2D eigenvalue weighted by Crippen LogP contribution is -2.33. The van der Waals surface area contributed by atoms with Gasteiger partial charge in [0, 0.05) is 23.9 Å². The second-order valence-electron chi connectivity index (χ2n) is 10.3. The molecule has 4 aromatic rings. The molecule has 212 valence electrons. The van der Waals surface area contributed by atoms with Gasteiger partial charge in [0.15, 0.2) is 0 Å². The van der Waals surface area contributed by atoms with Crippen LogP contribution in [0, 0.1) is 6.92 Å². The quantitative estimate of drug-likeness (QED) is 0.223. The van der Waals surface area contributed by atoms with Crippen LogP contribution in [-0.2, 0) is 11.3 Å². The molecule has 3 aromatic carbocycles. The molecule has 0 bridgehead atoms. The van der Waals surface area contributed by atoms with Crippen LogP contribution in [0.4, 0.5) is 10.5 Å². The monoisotopic (exact) mass is 571 g/mol. The summed E-state index contributed by atoms with van der Waals surface area (Å²) in [5.41, 5.74) is 4.02. The zero-order chi connectivity index (χ0) is 28.8. The molecule has 0 atom stereocenters. The molecule has 5 rings (SSSR count). The lowest BCUT2D eigenvalue weighted by atomic mass is 9.84. The number of anilines is 1. The Morgan fingerprint density at radius 1 is 1.00 bits per heavy atom. The number of hydrogen-bond acceptors (Lipinski definition) is 6. The number of aryl methyl sites for hydroxylation is 1. The van der Waals surface area contributed by atoms with Crippen molar-refractivity contribution in [1.82, 2.24) is 10.3 Å². The van der Waals surface area contributed by atoms with E-state index in [9.17, 15) is 14.4 Å². The number of aromatic nitrogens is 1. The molecule has 1 aliphatic rings. The van der Waals surface area contributed by atoms with Gasteiger partial charge in [0.25, 0.3) is 5.91 Å². The SMILES string of the molecule is Cc1nc2cc(OC(=O)N(Cc3ccc(C4CCCCC4)cc3)c3ccc(C(=O)NCCC(=O)O)cc3)ccc2s1. The molecule has 8 nitrogen and oxygen atoms in total. The lowest BCUT2D eigenvalue weighted by molar-refractivity contribution is -0.136. The zero-order valence-corrected chi connectivity index (χ0v) is 23.8. The van der Waals surface area contributed by atoms with Crippen LogP contribution in [0.2, 0.25) is 0 Å². The molecule has 2 N–H and O–H groups in total. The fourth-order valence-electron chi connectivity index (χ4n) is 5.19. The average Bonchev–Trinajstić information content (AvgIpc) is 3.36. The Bertz CT molecular complexity index is 1530. The van der Waals surface area contributed by atoms with Crippen molar-refractivity contribution in [1.29, 1.82) is 0 Å². The van der Waals surface area contributed by atoms with Crippen molar-refractivity contribution in [3.8, 4) is 5.75 Å². The minimum Gasteiger partial charge on any atom is -0.481 e. The van der Waals surface area contributed by atoms with Gasteiger partial charge < -0.3 is 15.2 Å². The summed E-state index contributed by atoms with van der Waals surface area (Å²) in [5, 5.41) is 12.3.